The van der Waals surface area contributed by atoms with Gasteiger partial charge in [-0.25, -0.2) is 9.59 Å². The summed E-state index contributed by atoms with van der Waals surface area (Å²) in [5.41, 5.74) is -1.20. The second kappa shape index (κ2) is 6.78. The molecule has 0 spiro atoms. The van der Waals surface area contributed by atoms with E-state index in [1.807, 2.05) is 13.8 Å². The summed E-state index contributed by atoms with van der Waals surface area (Å²) in [4.78, 5) is 38.3. The molecule has 1 rings (SSSR count). The van der Waals surface area contributed by atoms with Gasteiger partial charge in [0.1, 0.15) is 12.1 Å². The van der Waals surface area contributed by atoms with Gasteiger partial charge in [0.2, 0.25) is 5.91 Å². The average molecular weight is 299 g/mol. The highest BCUT2D eigenvalue weighted by atomic mass is 16.4. The van der Waals surface area contributed by atoms with E-state index in [0.29, 0.717) is 13.0 Å². The van der Waals surface area contributed by atoms with Gasteiger partial charge in [-0.3, -0.25) is 4.79 Å². The van der Waals surface area contributed by atoms with E-state index in [4.69, 9.17) is 0 Å². The molecule has 2 N–H and O–H groups in total. The Morgan fingerprint density at radius 3 is 2.48 bits per heavy atom. The lowest BCUT2D eigenvalue weighted by atomic mass is 9.89. The van der Waals surface area contributed by atoms with Crippen molar-refractivity contribution in [1.29, 1.82) is 0 Å². The number of hydrogen-bond acceptors (Lipinski definition) is 3. The molecule has 0 bridgehead atoms. The first kappa shape index (κ1) is 17.3. The predicted octanol–water partition coefficient (Wildman–Crippen LogP) is 0.892. The number of carboxylic acids is 1. The molecule has 1 saturated heterocycles. The van der Waals surface area contributed by atoms with Crippen LogP contribution in [0.15, 0.2) is 0 Å². The number of nitrogens with zero attached hydrogens (tertiary/aromatic N) is 2. The summed E-state index contributed by atoms with van der Waals surface area (Å²) < 4.78 is 0. The van der Waals surface area contributed by atoms with Gasteiger partial charge in [-0.15, -0.1) is 0 Å². The van der Waals surface area contributed by atoms with Crippen LogP contribution in [-0.4, -0.2) is 64.5 Å². The number of piperidine rings is 1. The fourth-order valence-electron chi connectivity index (χ4n) is 2.51. The number of amides is 3. The first-order valence-corrected chi connectivity index (χ1v) is 7.24. The first-order chi connectivity index (χ1) is 9.68. The summed E-state index contributed by atoms with van der Waals surface area (Å²) >= 11 is 0. The molecule has 7 heteroatoms. The van der Waals surface area contributed by atoms with E-state index in [1.54, 1.807) is 6.92 Å². The summed E-state index contributed by atoms with van der Waals surface area (Å²) in [7, 11) is 1.51. The maximum absolute atomic E-state index is 12.4. The summed E-state index contributed by atoms with van der Waals surface area (Å²) in [6.07, 6.45) is 1.99. The van der Waals surface area contributed by atoms with Gasteiger partial charge < -0.3 is 20.2 Å². The Morgan fingerprint density at radius 2 is 1.95 bits per heavy atom. The molecule has 120 valence electrons. The normalized spacial score (nSPS) is 22.0. The van der Waals surface area contributed by atoms with Crippen molar-refractivity contribution in [2.45, 2.75) is 51.6 Å². The Balaban J connectivity index is 2.75. The van der Waals surface area contributed by atoms with E-state index in [0.717, 1.165) is 12.8 Å². The van der Waals surface area contributed by atoms with E-state index in [1.165, 1.54) is 16.8 Å². The van der Waals surface area contributed by atoms with Crippen molar-refractivity contribution >= 4 is 17.9 Å². The quantitative estimate of drug-likeness (QED) is 0.806. The van der Waals surface area contributed by atoms with Gasteiger partial charge in [-0.2, -0.15) is 0 Å². The molecule has 1 fully saturated rings. The summed E-state index contributed by atoms with van der Waals surface area (Å²) in [5, 5.41) is 12.1. The molecule has 0 radical (unpaired) electrons. The highest BCUT2D eigenvalue weighted by Crippen LogP contribution is 2.29. The van der Waals surface area contributed by atoms with Crippen LogP contribution >= 0.6 is 0 Å². The minimum Gasteiger partial charge on any atom is -0.480 e. The van der Waals surface area contributed by atoms with Crippen molar-refractivity contribution in [1.82, 2.24) is 15.1 Å². The zero-order chi connectivity index (χ0) is 16.2. The second-order valence-electron chi connectivity index (χ2n) is 6.05. The summed E-state index contributed by atoms with van der Waals surface area (Å²) in [6, 6.07) is -0.418. The van der Waals surface area contributed by atoms with Crippen molar-refractivity contribution in [3.63, 3.8) is 0 Å². The summed E-state index contributed by atoms with van der Waals surface area (Å²) in [6.45, 7) is 5.56. The molecule has 0 aliphatic carbocycles. The molecule has 1 aliphatic heterocycles. The largest absolute Gasteiger partial charge is 0.480 e. The topological polar surface area (TPSA) is 90.0 Å². The van der Waals surface area contributed by atoms with Gasteiger partial charge in [0, 0.05) is 19.6 Å². The summed E-state index contributed by atoms with van der Waals surface area (Å²) in [5.74, 6) is -1.26. The number of likely N-dealkylation sites (tertiary alicyclic amines) is 1. The van der Waals surface area contributed by atoms with Crippen LogP contribution in [0.5, 0.6) is 0 Å². The maximum Gasteiger partial charge on any atom is 0.329 e. The maximum atomic E-state index is 12.4. The fraction of sp³-hybridized carbons (Fsp3) is 0.786. The molecule has 7 nitrogen and oxygen atoms in total. The first-order valence-electron chi connectivity index (χ1n) is 7.24. The van der Waals surface area contributed by atoms with Gasteiger partial charge in [0.15, 0.2) is 0 Å². The van der Waals surface area contributed by atoms with E-state index in [2.05, 4.69) is 5.32 Å². The molecular weight excluding hydrogens is 274 g/mol. The predicted molar refractivity (Wildman–Crippen MR) is 77.9 cm³/mol. The number of rotatable bonds is 4. The van der Waals surface area contributed by atoms with E-state index >= 15 is 0 Å². The van der Waals surface area contributed by atoms with Gasteiger partial charge in [0.25, 0.3) is 0 Å². The van der Waals surface area contributed by atoms with Crippen molar-refractivity contribution in [3.05, 3.63) is 0 Å². The number of carbonyl (C=O) groups excluding carboxylic acids is 2. The van der Waals surface area contributed by atoms with Crippen LogP contribution in [0.2, 0.25) is 0 Å². The minimum absolute atomic E-state index is 0.000254. The molecular formula is C14H25N3O4. The third kappa shape index (κ3) is 4.09. The molecule has 0 aromatic rings. The number of urea groups is 1. The third-order valence-electron chi connectivity index (χ3n) is 3.74. The molecule has 0 aromatic carbocycles. The zero-order valence-corrected chi connectivity index (χ0v) is 13.2. The van der Waals surface area contributed by atoms with Crippen LogP contribution in [-0.2, 0) is 9.59 Å². The van der Waals surface area contributed by atoms with Crippen LogP contribution in [0, 0.1) is 0 Å². The smallest absolute Gasteiger partial charge is 0.329 e. The Labute approximate surface area is 125 Å². The van der Waals surface area contributed by atoms with Crippen molar-refractivity contribution in [2.24, 2.45) is 0 Å². The standard InChI is InChI=1S/C14H25N3O4/c1-10(2)15-11(18)9-16(4)13(21)17-8-6-5-7-14(17,3)12(19)20/h10H,5-9H2,1-4H3,(H,15,18)(H,19,20). The third-order valence-corrected chi connectivity index (χ3v) is 3.74. The highest BCUT2D eigenvalue weighted by molar-refractivity contribution is 5.88. The SMILES string of the molecule is CC(C)NC(=O)CN(C)C(=O)N1CCCCC1(C)C(=O)O. The van der Waals surface area contributed by atoms with E-state index in [-0.39, 0.29) is 18.5 Å². The van der Waals surface area contributed by atoms with Crippen molar-refractivity contribution < 1.29 is 19.5 Å². The van der Waals surface area contributed by atoms with Gasteiger partial charge in [0.05, 0.1) is 0 Å². The van der Waals surface area contributed by atoms with E-state index in [9.17, 15) is 19.5 Å². The number of nitrogens with one attached hydrogen (secondary N) is 1. The van der Waals surface area contributed by atoms with Crippen LogP contribution < -0.4 is 5.32 Å². The molecule has 1 aliphatic rings. The molecule has 1 heterocycles. The van der Waals surface area contributed by atoms with Crippen LogP contribution in [0.3, 0.4) is 0 Å². The number of likely N-dealkylation sites (N-methyl/N-ethyl adjacent to an activating group) is 1. The highest BCUT2D eigenvalue weighted by Gasteiger charge is 2.44. The molecule has 21 heavy (non-hydrogen) atoms. The second-order valence-corrected chi connectivity index (χ2v) is 6.05. The van der Waals surface area contributed by atoms with Crippen molar-refractivity contribution in [2.75, 3.05) is 20.1 Å². The lowest BCUT2D eigenvalue weighted by molar-refractivity contribution is -0.150. The molecule has 0 aromatic heterocycles. The van der Waals surface area contributed by atoms with Crippen molar-refractivity contribution in [3.8, 4) is 0 Å². The van der Waals surface area contributed by atoms with Crippen LogP contribution in [0.25, 0.3) is 0 Å². The zero-order valence-electron chi connectivity index (χ0n) is 13.2. The lowest BCUT2D eigenvalue weighted by Crippen LogP contribution is -2.60. The average Bonchev–Trinajstić information content (AvgIpc) is 2.37. The fourth-order valence-corrected chi connectivity index (χ4v) is 2.51. The number of aliphatic carboxylic acids is 1. The van der Waals surface area contributed by atoms with Gasteiger partial charge in [-0.1, -0.05) is 0 Å². The Hall–Kier alpha value is -1.79. The molecule has 1 atom stereocenters. The van der Waals surface area contributed by atoms with Crippen LogP contribution in [0.4, 0.5) is 4.79 Å². The minimum atomic E-state index is -1.20. The number of hydrogen-bond donors (Lipinski definition) is 2. The van der Waals surface area contributed by atoms with Gasteiger partial charge >= 0.3 is 12.0 Å². The number of carbonyl (C=O) groups is 3. The molecule has 1 unspecified atom stereocenters. The molecule has 3 amide bonds. The Kier molecular flexibility index (Phi) is 5.57. The number of carboxylic acid groups (broad SMARTS) is 1. The molecule has 0 saturated carbocycles. The Morgan fingerprint density at radius 1 is 1.33 bits per heavy atom. The Bertz CT molecular complexity index is 424. The monoisotopic (exact) mass is 299 g/mol. The lowest BCUT2D eigenvalue weighted by Gasteiger charge is -2.43. The van der Waals surface area contributed by atoms with Gasteiger partial charge in [-0.05, 0) is 40.0 Å². The van der Waals surface area contributed by atoms with E-state index < -0.39 is 17.5 Å². The van der Waals surface area contributed by atoms with Crippen LogP contribution in [0.1, 0.15) is 40.0 Å².